The molecule has 1 aromatic carbocycles. The molecular formula is C18H24IN3OS. The maximum atomic E-state index is 5.68. The molecule has 0 bridgehead atoms. The molecule has 1 heterocycles. The summed E-state index contributed by atoms with van der Waals surface area (Å²) in [5.74, 6) is 1.67. The Morgan fingerprint density at radius 3 is 2.83 bits per heavy atom. The topological polar surface area (TPSA) is 45.6 Å². The summed E-state index contributed by atoms with van der Waals surface area (Å²) in [4.78, 5) is 4.61. The van der Waals surface area contributed by atoms with E-state index >= 15 is 0 Å². The molecule has 4 nitrogen and oxygen atoms in total. The number of halogens is 1. The molecule has 24 heavy (non-hydrogen) atoms. The number of aliphatic imine (C=N–C) groups is 1. The molecule has 130 valence electrons. The molecule has 0 aliphatic rings. The van der Waals surface area contributed by atoms with Gasteiger partial charge in [-0.3, -0.25) is 0 Å². The largest absolute Gasteiger partial charge is 0.489 e. The zero-order chi connectivity index (χ0) is 16.3. The van der Waals surface area contributed by atoms with E-state index in [1.807, 2.05) is 24.3 Å². The van der Waals surface area contributed by atoms with Crippen LogP contribution < -0.4 is 15.4 Å². The SMILES string of the molecule is C=CCOc1ccccc1CNC(=NCc1ccsc1)NCC.I. The third kappa shape index (κ3) is 6.92. The molecule has 0 unspecified atom stereocenters. The number of thiophene rings is 1. The second-order valence-electron chi connectivity index (χ2n) is 4.89. The van der Waals surface area contributed by atoms with Crippen molar-refractivity contribution in [3.63, 3.8) is 0 Å². The van der Waals surface area contributed by atoms with Crippen molar-refractivity contribution in [2.45, 2.75) is 20.0 Å². The summed E-state index contributed by atoms with van der Waals surface area (Å²) in [6.07, 6.45) is 1.75. The number of nitrogens with zero attached hydrogens (tertiary/aromatic N) is 1. The third-order valence-electron chi connectivity index (χ3n) is 3.12. The summed E-state index contributed by atoms with van der Waals surface area (Å²) in [6.45, 7) is 8.40. The van der Waals surface area contributed by atoms with Crippen LogP contribution in [0, 0.1) is 0 Å². The molecular weight excluding hydrogens is 433 g/mol. The van der Waals surface area contributed by atoms with Gasteiger partial charge in [-0.05, 0) is 35.4 Å². The maximum Gasteiger partial charge on any atom is 0.191 e. The summed E-state index contributed by atoms with van der Waals surface area (Å²) in [6, 6.07) is 10.1. The average Bonchev–Trinajstić information content (AvgIpc) is 3.09. The van der Waals surface area contributed by atoms with Gasteiger partial charge in [-0.15, -0.1) is 24.0 Å². The molecule has 0 amide bonds. The summed E-state index contributed by atoms with van der Waals surface area (Å²) in [7, 11) is 0. The number of hydrogen-bond acceptors (Lipinski definition) is 3. The molecule has 0 radical (unpaired) electrons. The number of rotatable bonds is 8. The molecule has 2 N–H and O–H groups in total. The van der Waals surface area contributed by atoms with E-state index in [4.69, 9.17) is 4.74 Å². The van der Waals surface area contributed by atoms with E-state index in [2.05, 4.69) is 46.0 Å². The second kappa shape index (κ2) is 11.9. The standard InChI is InChI=1S/C18H23N3OS.HI/c1-3-10-22-17-8-6-5-7-16(17)13-21-18(19-4-2)20-12-15-9-11-23-14-15;/h3,5-9,11,14H,1,4,10,12-13H2,2H3,(H2,19,20,21);1H. The number of para-hydroxylation sites is 1. The van der Waals surface area contributed by atoms with Crippen LogP contribution in [0.25, 0.3) is 0 Å². The minimum absolute atomic E-state index is 0. The normalized spacial score (nSPS) is 10.6. The van der Waals surface area contributed by atoms with Gasteiger partial charge in [0.25, 0.3) is 0 Å². The van der Waals surface area contributed by atoms with Crippen LogP contribution in [0.4, 0.5) is 0 Å². The van der Waals surface area contributed by atoms with Crippen LogP contribution in [0.15, 0.2) is 58.7 Å². The van der Waals surface area contributed by atoms with E-state index in [1.165, 1.54) is 5.56 Å². The molecule has 0 aliphatic heterocycles. The average molecular weight is 457 g/mol. The number of hydrogen-bond donors (Lipinski definition) is 2. The maximum absolute atomic E-state index is 5.68. The van der Waals surface area contributed by atoms with Crippen molar-refractivity contribution in [3.8, 4) is 5.75 Å². The highest BCUT2D eigenvalue weighted by molar-refractivity contribution is 14.0. The summed E-state index contributed by atoms with van der Waals surface area (Å²) in [5.41, 5.74) is 2.32. The molecule has 2 aromatic rings. The monoisotopic (exact) mass is 457 g/mol. The fourth-order valence-electron chi connectivity index (χ4n) is 2.01. The predicted octanol–water partition coefficient (Wildman–Crippen LogP) is 4.19. The Balaban J connectivity index is 0.00000288. The van der Waals surface area contributed by atoms with Crippen molar-refractivity contribution < 1.29 is 4.74 Å². The van der Waals surface area contributed by atoms with E-state index in [0.717, 1.165) is 23.8 Å². The zero-order valence-corrected chi connectivity index (χ0v) is 17.0. The number of ether oxygens (including phenoxy) is 1. The highest BCUT2D eigenvalue weighted by atomic mass is 127. The number of benzene rings is 1. The van der Waals surface area contributed by atoms with E-state index in [9.17, 15) is 0 Å². The molecule has 1 aromatic heterocycles. The highest BCUT2D eigenvalue weighted by Gasteiger charge is 2.04. The quantitative estimate of drug-likeness (QED) is 0.271. The van der Waals surface area contributed by atoms with Crippen molar-refractivity contribution in [2.24, 2.45) is 4.99 Å². The highest BCUT2D eigenvalue weighted by Crippen LogP contribution is 2.17. The van der Waals surface area contributed by atoms with Crippen LogP contribution in [0.2, 0.25) is 0 Å². The number of nitrogens with one attached hydrogen (secondary N) is 2. The lowest BCUT2D eigenvalue weighted by molar-refractivity contribution is 0.358. The van der Waals surface area contributed by atoms with Crippen LogP contribution in [0.5, 0.6) is 5.75 Å². The van der Waals surface area contributed by atoms with Gasteiger partial charge in [0.05, 0.1) is 6.54 Å². The van der Waals surface area contributed by atoms with Gasteiger partial charge in [-0.1, -0.05) is 30.9 Å². The number of guanidine groups is 1. The lowest BCUT2D eigenvalue weighted by Crippen LogP contribution is -2.36. The van der Waals surface area contributed by atoms with E-state index < -0.39 is 0 Å². The van der Waals surface area contributed by atoms with Gasteiger partial charge in [0.2, 0.25) is 0 Å². The van der Waals surface area contributed by atoms with Gasteiger partial charge in [-0.25, -0.2) is 4.99 Å². The van der Waals surface area contributed by atoms with Crippen molar-refractivity contribution in [3.05, 3.63) is 64.9 Å². The Bertz CT molecular complexity index is 629. The van der Waals surface area contributed by atoms with Crippen LogP contribution in [0.1, 0.15) is 18.1 Å². The van der Waals surface area contributed by atoms with E-state index in [0.29, 0.717) is 19.7 Å². The van der Waals surface area contributed by atoms with Gasteiger partial charge in [0.15, 0.2) is 5.96 Å². The minimum Gasteiger partial charge on any atom is -0.489 e. The molecule has 0 fully saturated rings. The lowest BCUT2D eigenvalue weighted by atomic mass is 10.2. The van der Waals surface area contributed by atoms with Crippen LogP contribution in [-0.4, -0.2) is 19.1 Å². The first-order valence-corrected chi connectivity index (χ1v) is 8.62. The van der Waals surface area contributed by atoms with Gasteiger partial charge >= 0.3 is 0 Å². The summed E-state index contributed by atoms with van der Waals surface area (Å²) in [5, 5.41) is 10.8. The van der Waals surface area contributed by atoms with Crippen LogP contribution >= 0.6 is 35.3 Å². The molecule has 0 saturated carbocycles. The first kappa shape index (κ1) is 20.5. The predicted molar refractivity (Wildman–Crippen MR) is 114 cm³/mol. The Labute approximate surface area is 165 Å². The zero-order valence-electron chi connectivity index (χ0n) is 13.8. The molecule has 0 saturated heterocycles. The van der Waals surface area contributed by atoms with E-state index in [1.54, 1.807) is 17.4 Å². The minimum atomic E-state index is 0. The fraction of sp³-hybridized carbons (Fsp3) is 0.278. The summed E-state index contributed by atoms with van der Waals surface area (Å²) < 4.78 is 5.68. The molecule has 6 heteroatoms. The Kier molecular flexibility index (Phi) is 10.2. The molecule has 0 aliphatic carbocycles. The Morgan fingerprint density at radius 2 is 2.12 bits per heavy atom. The van der Waals surface area contributed by atoms with Gasteiger partial charge in [0.1, 0.15) is 12.4 Å². The Hall–Kier alpha value is -1.54. The van der Waals surface area contributed by atoms with Crippen molar-refractivity contribution in [1.29, 1.82) is 0 Å². The van der Waals surface area contributed by atoms with Crippen molar-refractivity contribution in [1.82, 2.24) is 10.6 Å². The van der Waals surface area contributed by atoms with Crippen LogP contribution in [-0.2, 0) is 13.1 Å². The third-order valence-corrected chi connectivity index (χ3v) is 3.85. The Morgan fingerprint density at radius 1 is 1.29 bits per heavy atom. The first-order valence-electron chi connectivity index (χ1n) is 7.68. The molecule has 2 rings (SSSR count). The fourth-order valence-corrected chi connectivity index (χ4v) is 2.67. The van der Waals surface area contributed by atoms with E-state index in [-0.39, 0.29) is 24.0 Å². The van der Waals surface area contributed by atoms with Crippen molar-refractivity contribution in [2.75, 3.05) is 13.2 Å². The van der Waals surface area contributed by atoms with Gasteiger partial charge in [0, 0.05) is 18.7 Å². The van der Waals surface area contributed by atoms with Gasteiger partial charge in [-0.2, -0.15) is 11.3 Å². The van der Waals surface area contributed by atoms with Gasteiger partial charge < -0.3 is 15.4 Å². The first-order chi connectivity index (χ1) is 11.3. The van der Waals surface area contributed by atoms with Crippen molar-refractivity contribution >= 4 is 41.3 Å². The molecule has 0 spiro atoms. The smallest absolute Gasteiger partial charge is 0.191 e. The summed E-state index contributed by atoms with van der Waals surface area (Å²) >= 11 is 1.69. The lowest BCUT2D eigenvalue weighted by Gasteiger charge is -2.14. The van der Waals surface area contributed by atoms with Crippen LogP contribution in [0.3, 0.4) is 0 Å². The molecule has 0 atom stereocenters. The second-order valence-corrected chi connectivity index (χ2v) is 5.67.